The molecule has 0 aromatic rings. The summed E-state index contributed by atoms with van der Waals surface area (Å²) in [5.74, 6) is 0. The van der Waals surface area contributed by atoms with Crippen molar-refractivity contribution in [1.29, 1.82) is 0 Å². The summed E-state index contributed by atoms with van der Waals surface area (Å²) in [5, 5.41) is 41.6. The molecule has 0 aliphatic heterocycles. The first-order valence-electron chi connectivity index (χ1n) is 9.02. The Hall–Kier alpha value is 0.234. The number of nitrogens with two attached hydrogens (primary N) is 8. The van der Waals surface area contributed by atoms with Crippen molar-refractivity contribution in [2.24, 2.45) is 45.9 Å². The molecule has 176 valence electrons. The van der Waals surface area contributed by atoms with Gasteiger partial charge in [-0.1, -0.05) is 50.6 Å². The van der Waals surface area contributed by atoms with Crippen molar-refractivity contribution in [2.45, 2.75) is 76.3 Å². The summed E-state index contributed by atoms with van der Waals surface area (Å²) in [6.07, 6.45) is 1.36. The Balaban J connectivity index is -0.0000000873. The van der Waals surface area contributed by atoms with Crippen LogP contribution in [0.25, 0.3) is 0 Å². The molecule has 0 bridgehead atoms. The van der Waals surface area contributed by atoms with Crippen LogP contribution in [-0.2, 0) is 21.7 Å². The van der Waals surface area contributed by atoms with Crippen LogP contribution >= 0.6 is 0 Å². The third kappa shape index (κ3) is 73.7. The van der Waals surface area contributed by atoms with Crippen LogP contribution in [0, 0.1) is 0 Å². The second kappa shape index (κ2) is 20.2. The van der Waals surface area contributed by atoms with E-state index < -0.39 is 22.9 Å². The monoisotopic (exact) mass is 460 g/mol. The molecular formula is C16H44N8O4Ti. The molecule has 0 heterocycles. The zero-order chi connectivity index (χ0) is 23.7. The second-order valence-electron chi connectivity index (χ2n) is 7.41. The van der Waals surface area contributed by atoms with E-state index >= 15 is 0 Å². The van der Waals surface area contributed by atoms with E-state index in [-0.39, 0.29) is 21.7 Å². The Bertz CT molecular complexity index is 263. The van der Waals surface area contributed by atoms with Crippen molar-refractivity contribution in [2.75, 3.05) is 26.2 Å². The van der Waals surface area contributed by atoms with E-state index in [0.29, 0.717) is 51.9 Å². The van der Waals surface area contributed by atoms with Gasteiger partial charge < -0.3 is 66.3 Å². The Kier molecular flexibility index (Phi) is 27.6. The van der Waals surface area contributed by atoms with Gasteiger partial charge in [0.2, 0.25) is 0 Å². The maximum atomic E-state index is 10.4. The van der Waals surface area contributed by atoms with E-state index in [1.807, 2.05) is 0 Å². The Morgan fingerprint density at radius 1 is 0.448 bits per heavy atom. The number of rotatable bonds is 8. The summed E-state index contributed by atoms with van der Waals surface area (Å²) in [7, 11) is 0. The molecule has 0 saturated heterocycles. The molecule has 0 fully saturated rings. The summed E-state index contributed by atoms with van der Waals surface area (Å²) in [5.41, 5.74) is 34.9. The molecule has 0 spiro atoms. The molecule has 13 heteroatoms. The molecule has 0 saturated carbocycles. The molecule has 12 nitrogen and oxygen atoms in total. The Morgan fingerprint density at radius 2 is 0.552 bits per heavy atom. The van der Waals surface area contributed by atoms with E-state index in [2.05, 4.69) is 0 Å². The number of hydrogen-bond donors (Lipinski definition) is 8. The number of hydrogen-bond acceptors (Lipinski definition) is 12. The third-order valence-electron chi connectivity index (χ3n) is 2.56. The van der Waals surface area contributed by atoms with Crippen molar-refractivity contribution in [3.05, 3.63) is 0 Å². The minimum atomic E-state index is -1.32. The largest absolute Gasteiger partial charge is 4.00 e. The topological polar surface area (TPSA) is 300 Å². The average Bonchev–Trinajstić information content (AvgIpc) is 2.34. The molecule has 0 amide bonds. The van der Waals surface area contributed by atoms with Gasteiger partial charge in [0, 0.05) is 0 Å². The first-order valence-corrected chi connectivity index (χ1v) is 9.02. The molecular weight excluding hydrogens is 416 g/mol. The van der Waals surface area contributed by atoms with Crippen LogP contribution in [0.2, 0.25) is 0 Å². The minimum absolute atomic E-state index is 0. The van der Waals surface area contributed by atoms with Gasteiger partial charge in [0.25, 0.3) is 0 Å². The molecule has 29 heavy (non-hydrogen) atoms. The normalized spacial score (nSPS) is 18.2. The maximum Gasteiger partial charge on any atom is 4.00 e. The van der Waals surface area contributed by atoms with E-state index in [1.54, 1.807) is 0 Å². The summed E-state index contributed by atoms with van der Waals surface area (Å²) >= 11 is 0. The third-order valence-corrected chi connectivity index (χ3v) is 2.56. The van der Waals surface area contributed by atoms with E-state index in [4.69, 9.17) is 45.9 Å². The first-order chi connectivity index (χ1) is 12.2. The average molecular weight is 460 g/mol. The van der Waals surface area contributed by atoms with Crippen molar-refractivity contribution >= 4 is 0 Å². The van der Waals surface area contributed by atoms with Crippen LogP contribution in [0.3, 0.4) is 0 Å². The zero-order valence-electron chi connectivity index (χ0n) is 18.4. The summed E-state index contributed by atoms with van der Waals surface area (Å²) in [6.45, 7) is 7.15. The summed E-state index contributed by atoms with van der Waals surface area (Å²) in [4.78, 5) is 0. The van der Waals surface area contributed by atoms with Gasteiger partial charge >= 0.3 is 21.7 Å². The van der Waals surface area contributed by atoms with Gasteiger partial charge in [-0.05, 0) is 51.9 Å². The fourth-order valence-corrected chi connectivity index (χ4v) is 1.15. The van der Waals surface area contributed by atoms with Gasteiger partial charge in [-0.3, -0.25) is 0 Å². The predicted octanol–water partition coefficient (Wildman–Crippen LogP) is -6.52. The smallest absolute Gasteiger partial charge is 0.839 e. The molecule has 0 aliphatic rings. The molecule has 0 aliphatic carbocycles. The fourth-order valence-electron chi connectivity index (χ4n) is 1.15. The Morgan fingerprint density at radius 3 is 0.552 bits per heavy atom. The van der Waals surface area contributed by atoms with Crippen molar-refractivity contribution < 1.29 is 42.1 Å². The summed E-state index contributed by atoms with van der Waals surface area (Å²) in [6, 6.07) is 0. The van der Waals surface area contributed by atoms with Crippen molar-refractivity contribution in [3.8, 4) is 0 Å². The van der Waals surface area contributed by atoms with Crippen molar-refractivity contribution in [1.82, 2.24) is 0 Å². The zero-order valence-corrected chi connectivity index (χ0v) is 20.0. The fraction of sp³-hybridized carbons (Fsp3) is 1.00. The minimum Gasteiger partial charge on any atom is -0.839 e. The van der Waals surface area contributed by atoms with Crippen molar-refractivity contribution in [3.63, 3.8) is 0 Å². The van der Waals surface area contributed by atoms with Gasteiger partial charge in [0.1, 0.15) is 0 Å². The predicted molar refractivity (Wildman–Crippen MR) is 105 cm³/mol. The van der Waals surface area contributed by atoms with E-state index in [0.717, 1.165) is 0 Å². The quantitative estimate of drug-likeness (QED) is 0.124. The molecule has 4 atom stereocenters. The van der Waals surface area contributed by atoms with Gasteiger partial charge in [0.15, 0.2) is 0 Å². The SMILES string of the molecule is CC(N)([O-])CCN.CC(N)([O-])CCN.CC(N)([O-])CCN.CC(N)([O-])CCN.[Ti+4]. The molecule has 4 unspecified atom stereocenters. The van der Waals surface area contributed by atoms with Gasteiger partial charge in [0.05, 0.1) is 0 Å². The second-order valence-corrected chi connectivity index (χ2v) is 7.41. The van der Waals surface area contributed by atoms with Gasteiger partial charge in [-0.25, -0.2) is 0 Å². The van der Waals surface area contributed by atoms with Crippen LogP contribution in [0.5, 0.6) is 0 Å². The van der Waals surface area contributed by atoms with Crippen LogP contribution in [0.4, 0.5) is 0 Å². The molecule has 0 aromatic heterocycles. The molecule has 0 rings (SSSR count). The van der Waals surface area contributed by atoms with E-state index in [1.165, 1.54) is 27.7 Å². The standard InChI is InChI=1S/4C4H11N2O.Ti/c4*1-4(6,7)2-3-5;/h4*2-3,5-6H2,1H3;/q4*-1;+4. The molecule has 0 aromatic carbocycles. The van der Waals surface area contributed by atoms with Crippen LogP contribution in [-0.4, -0.2) is 49.1 Å². The van der Waals surface area contributed by atoms with Crippen LogP contribution in [0.15, 0.2) is 0 Å². The molecule has 0 radical (unpaired) electrons. The Labute approximate surface area is 190 Å². The summed E-state index contributed by atoms with van der Waals surface area (Å²) < 4.78 is 0. The van der Waals surface area contributed by atoms with E-state index in [9.17, 15) is 20.4 Å². The first kappa shape index (κ1) is 39.7. The van der Waals surface area contributed by atoms with Crippen LogP contribution < -0.4 is 66.3 Å². The van der Waals surface area contributed by atoms with Gasteiger partial charge in [-0.15, -0.1) is 0 Å². The van der Waals surface area contributed by atoms with Crippen LogP contribution in [0.1, 0.15) is 53.4 Å². The maximum absolute atomic E-state index is 10.4. The van der Waals surface area contributed by atoms with Gasteiger partial charge in [-0.2, -0.15) is 0 Å². The molecule has 16 N–H and O–H groups in total.